The van der Waals surface area contributed by atoms with Crippen LogP contribution in [0, 0.1) is 0 Å². The molecule has 2 aromatic rings. The number of hydrogen-bond acceptors (Lipinski definition) is 3. The molecule has 0 radical (unpaired) electrons. The predicted octanol–water partition coefficient (Wildman–Crippen LogP) is 3.99. The number of urea groups is 1. The molecule has 0 spiro atoms. The molecule has 1 aliphatic rings. The molecule has 3 rings (SSSR count). The summed E-state index contributed by atoms with van der Waals surface area (Å²) >= 11 is 0. The highest BCUT2D eigenvalue weighted by molar-refractivity contribution is 5.88. The maximum Gasteiger partial charge on any atom is 0.323 e. The second-order valence-electron chi connectivity index (χ2n) is 6.83. The second-order valence-corrected chi connectivity index (χ2v) is 6.83. The molecule has 0 aliphatic carbocycles. The van der Waals surface area contributed by atoms with Crippen molar-refractivity contribution < 1.29 is 4.79 Å². The number of benzene rings is 1. The number of hydrogen-bond donors (Lipinski definition) is 1. The number of piperidine rings is 1. The highest BCUT2D eigenvalue weighted by atomic mass is 16.2. The summed E-state index contributed by atoms with van der Waals surface area (Å²) < 4.78 is 0. The number of aromatic nitrogens is 1. The van der Waals surface area contributed by atoms with Gasteiger partial charge in [0.05, 0.1) is 0 Å². The van der Waals surface area contributed by atoms with Crippen molar-refractivity contribution in [2.45, 2.75) is 38.8 Å². The van der Waals surface area contributed by atoms with E-state index in [1.807, 2.05) is 23.1 Å². The summed E-state index contributed by atoms with van der Waals surface area (Å²) in [7, 11) is 0. The van der Waals surface area contributed by atoms with Crippen LogP contribution in [-0.2, 0) is 6.54 Å². The number of nitrogens with one attached hydrogen (secondary N) is 1. The van der Waals surface area contributed by atoms with E-state index in [0.29, 0.717) is 11.9 Å². The molecule has 5 heteroatoms. The molecular weight excluding hydrogens is 324 g/mol. The van der Waals surface area contributed by atoms with Gasteiger partial charge >= 0.3 is 6.03 Å². The molecule has 1 fully saturated rings. The van der Waals surface area contributed by atoms with E-state index in [1.165, 1.54) is 5.56 Å². The van der Waals surface area contributed by atoms with Crippen molar-refractivity contribution in [3.63, 3.8) is 0 Å². The highest BCUT2D eigenvalue weighted by Gasteiger charge is 2.27. The van der Waals surface area contributed by atoms with Gasteiger partial charge in [-0.05, 0) is 37.0 Å². The summed E-state index contributed by atoms with van der Waals surface area (Å²) in [5.41, 5.74) is 1.35. The first-order valence-corrected chi connectivity index (χ1v) is 9.51. The number of nitrogens with zero attached hydrogens (tertiary/aromatic N) is 3. The van der Waals surface area contributed by atoms with Crippen molar-refractivity contribution >= 4 is 11.8 Å². The van der Waals surface area contributed by atoms with E-state index in [0.717, 1.165) is 45.4 Å². The van der Waals surface area contributed by atoms with Gasteiger partial charge in [0.2, 0.25) is 0 Å². The average Bonchev–Trinajstić information content (AvgIpc) is 2.68. The Balaban J connectivity index is 1.55. The van der Waals surface area contributed by atoms with Gasteiger partial charge in [0.1, 0.15) is 5.82 Å². The smallest absolute Gasteiger partial charge is 0.321 e. The molecule has 0 unspecified atom stereocenters. The topological polar surface area (TPSA) is 48.5 Å². The van der Waals surface area contributed by atoms with Crippen LogP contribution in [0.3, 0.4) is 0 Å². The first-order chi connectivity index (χ1) is 12.8. The van der Waals surface area contributed by atoms with Crippen LogP contribution < -0.4 is 5.32 Å². The summed E-state index contributed by atoms with van der Waals surface area (Å²) in [5.74, 6) is 0.611. The van der Waals surface area contributed by atoms with Crippen LogP contribution in [0.4, 0.5) is 10.6 Å². The largest absolute Gasteiger partial charge is 0.323 e. The lowest BCUT2D eigenvalue weighted by Crippen LogP contribution is -2.49. The zero-order valence-electron chi connectivity index (χ0n) is 15.5. The Morgan fingerprint density at radius 3 is 2.54 bits per heavy atom. The summed E-state index contributed by atoms with van der Waals surface area (Å²) in [6.45, 7) is 5.93. The van der Waals surface area contributed by atoms with Crippen molar-refractivity contribution in [1.82, 2.24) is 14.8 Å². The van der Waals surface area contributed by atoms with Crippen LogP contribution in [-0.4, -0.2) is 46.5 Å². The number of carbonyl (C=O) groups excluding carboxylic acids is 1. The van der Waals surface area contributed by atoms with Crippen molar-refractivity contribution in [2.75, 3.05) is 25.0 Å². The standard InChI is InChI=1S/C21H28N4O/c1-2-14-25(21(26)23-20-10-6-7-13-22-20)19-11-15-24(16-12-19)17-18-8-4-3-5-9-18/h3-10,13,19H,2,11-12,14-17H2,1H3,(H,22,23,26). The molecule has 138 valence electrons. The van der Waals surface area contributed by atoms with E-state index in [9.17, 15) is 4.79 Å². The van der Waals surface area contributed by atoms with Crippen LogP contribution >= 0.6 is 0 Å². The molecule has 26 heavy (non-hydrogen) atoms. The van der Waals surface area contributed by atoms with Crippen LogP contribution in [0.5, 0.6) is 0 Å². The molecule has 1 aliphatic heterocycles. The van der Waals surface area contributed by atoms with E-state index in [-0.39, 0.29) is 6.03 Å². The van der Waals surface area contributed by atoms with Crippen LogP contribution in [0.25, 0.3) is 0 Å². The van der Waals surface area contributed by atoms with Gasteiger partial charge in [0.25, 0.3) is 0 Å². The van der Waals surface area contributed by atoms with Crippen molar-refractivity contribution in [1.29, 1.82) is 0 Å². The van der Waals surface area contributed by atoms with Gasteiger partial charge in [0, 0.05) is 38.4 Å². The number of rotatable bonds is 6. The molecule has 5 nitrogen and oxygen atoms in total. The summed E-state index contributed by atoms with van der Waals surface area (Å²) in [6.07, 6.45) is 4.69. The Morgan fingerprint density at radius 2 is 1.88 bits per heavy atom. The third kappa shape index (κ3) is 5.05. The van der Waals surface area contributed by atoms with Gasteiger partial charge in [-0.1, -0.05) is 43.3 Å². The van der Waals surface area contributed by atoms with E-state index in [1.54, 1.807) is 6.20 Å². The monoisotopic (exact) mass is 352 g/mol. The molecule has 0 bridgehead atoms. The lowest BCUT2D eigenvalue weighted by molar-refractivity contribution is 0.123. The third-order valence-electron chi connectivity index (χ3n) is 4.87. The van der Waals surface area contributed by atoms with Crippen molar-refractivity contribution in [3.05, 3.63) is 60.3 Å². The lowest BCUT2D eigenvalue weighted by atomic mass is 10.0. The highest BCUT2D eigenvalue weighted by Crippen LogP contribution is 2.20. The number of anilines is 1. The molecule has 1 saturated heterocycles. The SMILES string of the molecule is CCCN(C(=O)Nc1ccccn1)C1CCN(Cc2ccccc2)CC1. The fraction of sp³-hybridized carbons (Fsp3) is 0.429. The van der Waals surface area contributed by atoms with Crippen LogP contribution in [0.2, 0.25) is 0 Å². The quantitative estimate of drug-likeness (QED) is 0.855. The van der Waals surface area contributed by atoms with Gasteiger partial charge in [-0.25, -0.2) is 9.78 Å². The van der Waals surface area contributed by atoms with E-state index >= 15 is 0 Å². The van der Waals surface area contributed by atoms with Gasteiger partial charge in [0.15, 0.2) is 0 Å². The normalized spacial score (nSPS) is 15.6. The third-order valence-corrected chi connectivity index (χ3v) is 4.87. The first-order valence-electron chi connectivity index (χ1n) is 9.51. The van der Waals surface area contributed by atoms with Crippen molar-refractivity contribution in [2.24, 2.45) is 0 Å². The molecule has 2 amide bonds. The fourth-order valence-electron chi connectivity index (χ4n) is 3.54. The maximum atomic E-state index is 12.7. The summed E-state index contributed by atoms with van der Waals surface area (Å²) in [4.78, 5) is 21.4. The Labute approximate surface area is 156 Å². The Bertz CT molecular complexity index is 669. The number of carbonyl (C=O) groups is 1. The zero-order chi connectivity index (χ0) is 18.2. The molecular formula is C21H28N4O. The van der Waals surface area contributed by atoms with Gasteiger partial charge in [-0.15, -0.1) is 0 Å². The predicted molar refractivity (Wildman–Crippen MR) is 105 cm³/mol. The molecule has 2 heterocycles. The maximum absolute atomic E-state index is 12.7. The molecule has 1 aromatic carbocycles. The zero-order valence-corrected chi connectivity index (χ0v) is 15.5. The van der Waals surface area contributed by atoms with Crippen LogP contribution in [0.15, 0.2) is 54.7 Å². The Morgan fingerprint density at radius 1 is 1.15 bits per heavy atom. The number of likely N-dealkylation sites (tertiary alicyclic amines) is 1. The molecule has 0 atom stereocenters. The van der Waals surface area contributed by atoms with Gasteiger partial charge in [-0.3, -0.25) is 10.2 Å². The number of amides is 2. The minimum atomic E-state index is -0.0351. The second kappa shape index (κ2) is 9.34. The first kappa shape index (κ1) is 18.4. The van der Waals surface area contributed by atoms with E-state index in [2.05, 4.69) is 52.5 Å². The van der Waals surface area contributed by atoms with Gasteiger partial charge < -0.3 is 4.90 Å². The van der Waals surface area contributed by atoms with Gasteiger partial charge in [-0.2, -0.15) is 0 Å². The molecule has 1 N–H and O–H groups in total. The molecule has 1 aromatic heterocycles. The van der Waals surface area contributed by atoms with Crippen molar-refractivity contribution in [3.8, 4) is 0 Å². The van der Waals surface area contributed by atoms with Crippen LogP contribution in [0.1, 0.15) is 31.7 Å². The lowest BCUT2D eigenvalue weighted by Gasteiger charge is -2.38. The van der Waals surface area contributed by atoms with E-state index in [4.69, 9.17) is 0 Å². The Kier molecular flexibility index (Phi) is 6.61. The summed E-state index contributed by atoms with van der Waals surface area (Å²) in [5, 5.41) is 2.94. The average molecular weight is 352 g/mol. The number of pyridine rings is 1. The Hall–Kier alpha value is -2.40. The minimum Gasteiger partial charge on any atom is -0.321 e. The molecule has 0 saturated carbocycles. The fourth-order valence-corrected chi connectivity index (χ4v) is 3.54. The van der Waals surface area contributed by atoms with E-state index < -0.39 is 0 Å². The minimum absolute atomic E-state index is 0.0351. The summed E-state index contributed by atoms with van der Waals surface area (Å²) in [6, 6.07) is 16.4.